The number of ether oxygens (including phenoxy) is 2. The molecule has 2 aliphatic carbocycles. The van der Waals surface area contributed by atoms with Crippen molar-refractivity contribution in [1.29, 1.82) is 0 Å². The van der Waals surface area contributed by atoms with Crippen LogP contribution in [0.5, 0.6) is 11.6 Å². The third-order valence-corrected chi connectivity index (χ3v) is 15.2. The molecule has 336 valence electrons. The molecule has 2 saturated carbocycles. The Kier molecular flexibility index (Phi) is 12.3. The number of benzene rings is 1. The monoisotopic (exact) mass is 878 g/mol. The number of allylic oxidation sites excluding steroid dienone is 1. The Morgan fingerprint density at radius 1 is 1.11 bits per heavy atom. The summed E-state index contributed by atoms with van der Waals surface area (Å²) in [6.07, 6.45) is 1.90. The standard InChI is InChI=1S/C42H57F3N6O9S/c1-24-11-9-10-12-27-21-42(27,37(54)48-61(57,58)41(23-43)15-16-41)47-34(52)31-20-29(60-35-30-14-13-28(59-8)18-26(30)19-32(46-35)49(6)7)22-50(31)36(53)33(25(2)17-24)51(38(55)56)39(3,4)40(5,44)45/h10,12-14,18-19,24-25,27,29,31,33H,9,11,15-17,20-23H2,1-8H3,(H,47,52)(H,48,54)(H,55,56)/t24-,25+,27+,29+,31-,33-,42+/m0/s1. The summed E-state index contributed by atoms with van der Waals surface area (Å²) in [4.78, 5) is 65.2. The van der Waals surface area contributed by atoms with Gasteiger partial charge in [-0.3, -0.25) is 24.0 Å². The van der Waals surface area contributed by atoms with Crippen LogP contribution in [0.15, 0.2) is 36.4 Å². The smallest absolute Gasteiger partial charge is 0.408 e. The van der Waals surface area contributed by atoms with Crippen molar-refractivity contribution in [3.8, 4) is 11.6 Å². The Bertz CT molecular complexity index is 2200. The average molecular weight is 879 g/mol. The van der Waals surface area contributed by atoms with E-state index >= 15 is 13.6 Å². The second-order valence-electron chi connectivity index (χ2n) is 18.1. The molecular weight excluding hydrogens is 822 g/mol. The highest BCUT2D eigenvalue weighted by Crippen LogP contribution is 2.48. The van der Waals surface area contributed by atoms with Crippen molar-refractivity contribution in [2.75, 3.05) is 39.3 Å². The van der Waals surface area contributed by atoms with E-state index in [0.717, 1.165) is 18.7 Å². The summed E-state index contributed by atoms with van der Waals surface area (Å²) in [5, 5.41) is 14.7. The third kappa shape index (κ3) is 8.67. The number of halogens is 3. The fraction of sp³-hybridized carbons (Fsp3) is 0.643. The number of nitrogens with zero attached hydrogens (tertiary/aromatic N) is 4. The van der Waals surface area contributed by atoms with Gasteiger partial charge in [-0.2, -0.15) is 4.98 Å². The maximum absolute atomic E-state index is 15.4. The SMILES string of the molecule is COc1ccc2c(O[C@@H]3C[C@H]4C(=O)N[C@]5(C(=O)NS(=O)(=O)C6(CF)CC6)C[C@H]5C=CCC[C@H](C)C[C@@H](C)[C@H](N(C(=O)O)C(C)(C)C(C)(F)F)C(=O)N4C3)nc(N(C)C)cc2c1. The maximum Gasteiger partial charge on any atom is 0.408 e. The van der Waals surface area contributed by atoms with Crippen LogP contribution >= 0.6 is 0 Å². The number of aromatic nitrogens is 1. The molecule has 1 aromatic heterocycles. The minimum Gasteiger partial charge on any atom is -0.497 e. The molecule has 4 aliphatic rings. The van der Waals surface area contributed by atoms with Gasteiger partial charge in [-0.05, 0) is 93.9 Å². The van der Waals surface area contributed by atoms with Crippen molar-refractivity contribution >= 4 is 50.4 Å². The summed E-state index contributed by atoms with van der Waals surface area (Å²) in [5.41, 5.74) is -4.20. The Hall–Kier alpha value is -4.81. The number of sulfonamides is 1. The Balaban J connectivity index is 1.45. The van der Waals surface area contributed by atoms with Crippen molar-refractivity contribution < 1.29 is 55.3 Å². The molecule has 0 spiro atoms. The van der Waals surface area contributed by atoms with E-state index in [1.807, 2.05) is 17.7 Å². The zero-order chi connectivity index (χ0) is 45.0. The molecule has 15 nitrogen and oxygen atoms in total. The average Bonchev–Trinajstić information content (AvgIpc) is 4.08. The summed E-state index contributed by atoms with van der Waals surface area (Å²) < 4.78 is 83.5. The lowest BCUT2D eigenvalue weighted by molar-refractivity contribution is -0.156. The van der Waals surface area contributed by atoms with E-state index in [1.165, 1.54) is 7.11 Å². The van der Waals surface area contributed by atoms with Crippen LogP contribution in [0.4, 0.5) is 23.8 Å². The molecule has 0 radical (unpaired) electrons. The van der Waals surface area contributed by atoms with Gasteiger partial charge in [-0.1, -0.05) is 26.0 Å². The van der Waals surface area contributed by atoms with Crippen molar-refractivity contribution in [3.05, 3.63) is 36.4 Å². The fourth-order valence-electron chi connectivity index (χ4n) is 8.61. The van der Waals surface area contributed by atoms with Crippen LogP contribution in [0.2, 0.25) is 0 Å². The topological polar surface area (TPSA) is 188 Å². The molecule has 4 amide bonds. The molecule has 3 heterocycles. The highest BCUT2D eigenvalue weighted by molar-refractivity contribution is 7.91. The minimum absolute atomic E-state index is 0.00170. The van der Waals surface area contributed by atoms with Crippen LogP contribution < -0.4 is 24.4 Å². The van der Waals surface area contributed by atoms with Crippen LogP contribution in [0.1, 0.15) is 79.6 Å². The Labute approximate surface area is 354 Å². The number of fused-ring (bicyclic) bond motifs is 3. The molecule has 1 aromatic carbocycles. The van der Waals surface area contributed by atoms with Gasteiger partial charge in [0.15, 0.2) is 0 Å². The van der Waals surface area contributed by atoms with Gasteiger partial charge in [-0.25, -0.2) is 26.4 Å². The van der Waals surface area contributed by atoms with Gasteiger partial charge in [0.2, 0.25) is 27.7 Å². The number of carboxylic acid groups (broad SMARTS) is 1. The van der Waals surface area contributed by atoms with E-state index in [1.54, 1.807) is 56.3 Å². The largest absolute Gasteiger partial charge is 0.497 e. The van der Waals surface area contributed by atoms with E-state index < -0.39 is 92.3 Å². The van der Waals surface area contributed by atoms with Crippen molar-refractivity contribution in [3.63, 3.8) is 0 Å². The first kappa shape index (κ1) is 45.7. The zero-order valence-corrected chi connectivity index (χ0v) is 36.7. The van der Waals surface area contributed by atoms with Crippen LogP contribution in [-0.4, -0.2) is 126 Å². The molecule has 3 N–H and O–H groups in total. The van der Waals surface area contributed by atoms with Gasteiger partial charge in [0, 0.05) is 38.7 Å². The minimum atomic E-state index is -4.48. The van der Waals surface area contributed by atoms with Crippen LogP contribution in [0.25, 0.3) is 10.8 Å². The lowest BCUT2D eigenvalue weighted by Gasteiger charge is -2.47. The van der Waals surface area contributed by atoms with Crippen molar-refractivity contribution in [2.24, 2.45) is 17.8 Å². The molecule has 3 fully saturated rings. The van der Waals surface area contributed by atoms with E-state index in [9.17, 15) is 32.3 Å². The number of amides is 4. The number of carbonyl (C=O) groups excluding carboxylic acids is 3. The predicted molar refractivity (Wildman–Crippen MR) is 221 cm³/mol. The van der Waals surface area contributed by atoms with Crippen LogP contribution in [0.3, 0.4) is 0 Å². The molecule has 2 aromatic rings. The predicted octanol–water partition coefficient (Wildman–Crippen LogP) is 5.28. The second-order valence-corrected chi connectivity index (χ2v) is 20.2. The molecule has 1 saturated heterocycles. The van der Waals surface area contributed by atoms with Gasteiger partial charge in [0.05, 0.1) is 13.7 Å². The summed E-state index contributed by atoms with van der Waals surface area (Å²) >= 11 is 0. The van der Waals surface area contributed by atoms with Crippen LogP contribution in [-0.2, 0) is 24.4 Å². The first-order valence-corrected chi connectivity index (χ1v) is 22.0. The summed E-state index contributed by atoms with van der Waals surface area (Å²) in [5.74, 6) is -6.87. The first-order valence-electron chi connectivity index (χ1n) is 20.6. The highest BCUT2D eigenvalue weighted by atomic mass is 32.2. The summed E-state index contributed by atoms with van der Waals surface area (Å²) in [6.45, 7) is 4.70. The van der Waals surface area contributed by atoms with E-state index in [4.69, 9.17) is 14.5 Å². The number of anilines is 1. The van der Waals surface area contributed by atoms with Gasteiger partial charge < -0.3 is 29.7 Å². The number of hydrogen-bond acceptors (Lipinski definition) is 10. The van der Waals surface area contributed by atoms with Crippen molar-refractivity contribution in [1.82, 2.24) is 24.8 Å². The maximum atomic E-state index is 15.4. The Morgan fingerprint density at radius 3 is 2.39 bits per heavy atom. The second kappa shape index (κ2) is 16.5. The summed E-state index contributed by atoms with van der Waals surface area (Å²) in [6, 6.07) is 3.91. The number of rotatable bonds is 11. The highest BCUT2D eigenvalue weighted by Gasteiger charge is 2.64. The molecule has 0 unspecified atom stereocenters. The van der Waals surface area contributed by atoms with E-state index in [2.05, 4.69) is 5.32 Å². The number of alkyl halides is 3. The molecule has 61 heavy (non-hydrogen) atoms. The van der Waals surface area contributed by atoms with Crippen molar-refractivity contribution in [2.45, 2.75) is 119 Å². The van der Waals surface area contributed by atoms with Gasteiger partial charge in [0.1, 0.15) is 52.3 Å². The van der Waals surface area contributed by atoms with Gasteiger partial charge >= 0.3 is 6.09 Å². The lowest BCUT2D eigenvalue weighted by Crippen LogP contribution is -2.66. The number of pyridine rings is 1. The number of hydrogen-bond donors (Lipinski definition) is 3. The van der Waals surface area contributed by atoms with Crippen LogP contribution in [0, 0.1) is 17.8 Å². The number of nitrogens with one attached hydrogen (secondary N) is 2. The molecule has 2 aliphatic heterocycles. The number of methoxy groups -OCH3 is 1. The zero-order valence-electron chi connectivity index (χ0n) is 35.8. The molecule has 19 heteroatoms. The third-order valence-electron chi connectivity index (χ3n) is 13.1. The normalized spacial score (nSPS) is 28.1. The summed E-state index contributed by atoms with van der Waals surface area (Å²) in [7, 11) is 0.607. The van der Waals surface area contributed by atoms with E-state index in [0.29, 0.717) is 47.0 Å². The van der Waals surface area contributed by atoms with Gasteiger partial charge in [0.25, 0.3) is 11.8 Å². The van der Waals surface area contributed by atoms with Gasteiger partial charge in [-0.15, -0.1) is 0 Å². The Morgan fingerprint density at radius 2 is 1.80 bits per heavy atom. The first-order chi connectivity index (χ1) is 28.4. The van der Waals surface area contributed by atoms with E-state index in [-0.39, 0.29) is 50.4 Å². The number of carbonyl (C=O) groups is 4. The molecular formula is C42H57F3N6O9S. The quantitative estimate of drug-likeness (QED) is 0.250. The fourth-order valence-corrected chi connectivity index (χ4v) is 10.0. The molecule has 0 bridgehead atoms. The molecule has 6 rings (SSSR count). The molecule has 7 atom stereocenters. The lowest BCUT2D eigenvalue weighted by atomic mass is 9.84.